The fourth-order valence-corrected chi connectivity index (χ4v) is 10.5. The van der Waals surface area contributed by atoms with Crippen molar-refractivity contribution < 1.29 is 63.5 Å². The number of aliphatic hydroxyl groups is 7. The summed E-state index contributed by atoms with van der Waals surface area (Å²) in [7, 11) is 1.29. The topological polar surface area (TPSA) is 179 Å². The fraction of sp³-hybridized carbons (Fsp3) is 0.347. The lowest BCUT2D eigenvalue weighted by molar-refractivity contribution is -0.400. The van der Waals surface area contributed by atoms with Crippen LogP contribution >= 0.6 is 22.7 Å². The summed E-state index contributed by atoms with van der Waals surface area (Å²) in [5, 5.41) is 78.6. The first-order chi connectivity index (χ1) is 30.7. The molecule has 0 spiro atoms. The predicted molar refractivity (Wildman–Crippen MR) is 237 cm³/mol. The summed E-state index contributed by atoms with van der Waals surface area (Å²) in [6, 6.07) is 30.8. The van der Waals surface area contributed by atoms with Gasteiger partial charge in [-0.2, -0.15) is 0 Å². The molecule has 2 aliphatic rings. The lowest BCUT2D eigenvalue weighted by Gasteiger charge is -2.51. The molecule has 11 nitrogen and oxygen atoms in total. The van der Waals surface area contributed by atoms with Gasteiger partial charge in [0.05, 0.1) is 13.2 Å². The molecule has 338 valence electrons. The molecule has 2 saturated heterocycles. The molecule has 2 aliphatic heterocycles. The van der Waals surface area contributed by atoms with Gasteiger partial charge in [-0.25, -0.2) is 8.78 Å². The number of thiophene rings is 2. The van der Waals surface area contributed by atoms with E-state index in [0.29, 0.717) is 18.4 Å². The first kappa shape index (κ1) is 46.2. The van der Waals surface area contributed by atoms with Crippen LogP contribution < -0.4 is 0 Å². The lowest BCUT2D eigenvalue weighted by Crippen LogP contribution is -2.67. The highest BCUT2D eigenvalue weighted by Crippen LogP contribution is 2.44. The second-order valence-corrected chi connectivity index (χ2v) is 18.7. The second kappa shape index (κ2) is 18.9. The maximum absolute atomic E-state index is 13.6. The van der Waals surface area contributed by atoms with Crippen molar-refractivity contribution in [3.63, 3.8) is 0 Å². The Morgan fingerprint density at radius 3 is 1.47 bits per heavy atom. The van der Waals surface area contributed by atoms with Crippen LogP contribution in [0, 0.1) is 25.5 Å². The van der Waals surface area contributed by atoms with Gasteiger partial charge in [-0.05, 0) is 108 Å². The molecule has 0 bridgehead atoms. The Hall–Kier alpha value is -4.30. The van der Waals surface area contributed by atoms with Crippen LogP contribution in [-0.4, -0.2) is 105 Å². The van der Waals surface area contributed by atoms with Gasteiger partial charge in [0.25, 0.3) is 0 Å². The van der Waals surface area contributed by atoms with Crippen LogP contribution in [0.2, 0.25) is 0 Å². The van der Waals surface area contributed by atoms with E-state index in [1.807, 2.05) is 44.2 Å². The Labute approximate surface area is 377 Å². The van der Waals surface area contributed by atoms with E-state index in [-0.39, 0.29) is 17.2 Å². The molecular formula is C49H50F2O11S2. The average Bonchev–Trinajstić information content (AvgIpc) is 3.98. The van der Waals surface area contributed by atoms with Gasteiger partial charge < -0.3 is 54.7 Å². The molecule has 2 unspecified atom stereocenters. The molecule has 15 heteroatoms. The third kappa shape index (κ3) is 8.86. The molecule has 10 atom stereocenters. The van der Waals surface area contributed by atoms with Crippen LogP contribution in [0.15, 0.2) is 109 Å². The monoisotopic (exact) mass is 916 g/mol. The van der Waals surface area contributed by atoms with Gasteiger partial charge >= 0.3 is 0 Å². The zero-order valence-corrected chi connectivity index (χ0v) is 36.8. The van der Waals surface area contributed by atoms with Crippen molar-refractivity contribution in [2.24, 2.45) is 0 Å². The molecule has 2 aromatic heterocycles. The Morgan fingerprint density at radius 2 is 1.00 bits per heavy atom. The molecule has 0 amide bonds. The van der Waals surface area contributed by atoms with Gasteiger partial charge in [0.2, 0.25) is 11.6 Å². The quantitative estimate of drug-likeness (QED) is 0.0741. The van der Waals surface area contributed by atoms with Gasteiger partial charge in [-0.15, -0.1) is 22.7 Å². The summed E-state index contributed by atoms with van der Waals surface area (Å²) < 4.78 is 52.2. The number of hydrogen-bond donors (Lipinski definition) is 7. The minimum atomic E-state index is -2.27. The molecule has 4 heterocycles. The summed E-state index contributed by atoms with van der Waals surface area (Å²) in [6.45, 7) is 2.46. The van der Waals surface area contributed by atoms with E-state index in [2.05, 4.69) is 0 Å². The molecule has 0 saturated carbocycles. The number of halogens is 2. The molecule has 7 N–H and O–H groups in total. The van der Waals surface area contributed by atoms with Crippen LogP contribution in [0.5, 0.6) is 0 Å². The number of ether oxygens (including phenoxy) is 4. The smallest absolute Gasteiger partial charge is 0.225 e. The summed E-state index contributed by atoms with van der Waals surface area (Å²) in [6.07, 6.45) is -12.9. The van der Waals surface area contributed by atoms with E-state index in [0.717, 1.165) is 52.9 Å². The SMILES string of the molecule is COC1(c2ccc(C)c(Cc3ccc(-c4ccc(F)cc4)s3)c2)O[C@H](COC2(c3ccc(C)c(Cc4ccc(-c5ccc(F)cc5)s4)c3)O[C@H](CO)[C@@H](O)[C@H](O)[C@H]2O)[C@@H](O)[C@H](O)[C@H]1O. The molecule has 0 aliphatic carbocycles. The van der Waals surface area contributed by atoms with Crippen molar-refractivity contribution >= 4 is 22.7 Å². The van der Waals surface area contributed by atoms with Crippen molar-refractivity contribution in [3.05, 3.63) is 164 Å². The van der Waals surface area contributed by atoms with Crippen molar-refractivity contribution in [3.8, 4) is 20.9 Å². The Balaban J connectivity index is 1.09. The van der Waals surface area contributed by atoms with Gasteiger partial charge in [-0.1, -0.05) is 48.5 Å². The van der Waals surface area contributed by atoms with E-state index < -0.39 is 73.6 Å². The fourth-order valence-electron chi connectivity index (χ4n) is 8.46. The van der Waals surface area contributed by atoms with E-state index in [4.69, 9.17) is 18.9 Å². The zero-order valence-electron chi connectivity index (χ0n) is 35.2. The van der Waals surface area contributed by atoms with Crippen molar-refractivity contribution in [2.45, 2.75) is 87.1 Å². The average molecular weight is 917 g/mol. The Kier molecular flexibility index (Phi) is 13.7. The molecule has 64 heavy (non-hydrogen) atoms. The molecular weight excluding hydrogens is 867 g/mol. The molecule has 8 rings (SSSR count). The number of hydrogen-bond acceptors (Lipinski definition) is 13. The van der Waals surface area contributed by atoms with E-state index >= 15 is 0 Å². The second-order valence-electron chi connectivity index (χ2n) is 16.4. The summed E-state index contributed by atoms with van der Waals surface area (Å²) >= 11 is 3.07. The van der Waals surface area contributed by atoms with Crippen LogP contribution in [0.25, 0.3) is 20.9 Å². The number of aliphatic hydroxyl groups excluding tert-OH is 7. The predicted octanol–water partition coefficient (Wildman–Crippen LogP) is 5.84. The van der Waals surface area contributed by atoms with Crippen LogP contribution in [0.1, 0.15) is 43.1 Å². The highest BCUT2D eigenvalue weighted by Gasteiger charge is 2.59. The van der Waals surface area contributed by atoms with Gasteiger partial charge in [0.1, 0.15) is 60.5 Å². The largest absolute Gasteiger partial charge is 0.394 e. The van der Waals surface area contributed by atoms with E-state index in [1.54, 1.807) is 65.9 Å². The highest BCUT2D eigenvalue weighted by molar-refractivity contribution is 7.15. The van der Waals surface area contributed by atoms with E-state index in [1.165, 1.54) is 42.7 Å². The standard InChI is InChI=1S/C49H50F2O11S2/c1-26-4-10-32(20-30(26)22-36-16-18-40(63-36)28-6-12-34(50)13-7-28)48(59-3)46(57)45(56)43(54)39(62-48)25-60-49(47(58)44(55)42(53)38(24-52)61-49)33-11-5-27(2)31(21-33)23-37-17-19-41(64-37)29-8-14-35(51)15-9-29/h4-21,38-39,42-47,52-58H,22-25H2,1-3H3/t38-,39-,42-,43-,44+,45+,46-,47-,48?,49?/m1/s1. The summed E-state index contributed by atoms with van der Waals surface area (Å²) in [5.74, 6) is -4.97. The maximum atomic E-state index is 13.6. The molecule has 4 aromatic carbocycles. The summed E-state index contributed by atoms with van der Waals surface area (Å²) in [4.78, 5) is 3.87. The lowest BCUT2D eigenvalue weighted by atomic mass is 9.85. The number of methoxy groups -OCH3 is 1. The minimum Gasteiger partial charge on any atom is -0.394 e. The van der Waals surface area contributed by atoms with Crippen molar-refractivity contribution in [2.75, 3.05) is 20.3 Å². The third-order valence-corrected chi connectivity index (χ3v) is 14.6. The normalized spacial score (nSPS) is 28.4. The number of rotatable bonds is 13. The van der Waals surface area contributed by atoms with E-state index in [9.17, 15) is 44.5 Å². The van der Waals surface area contributed by atoms with Gasteiger partial charge in [0, 0.05) is 50.6 Å². The molecule has 2 fully saturated rings. The maximum Gasteiger partial charge on any atom is 0.225 e. The molecule has 6 aromatic rings. The number of aryl methyl sites for hydroxylation is 2. The summed E-state index contributed by atoms with van der Waals surface area (Å²) in [5.41, 5.74) is 5.73. The third-order valence-electron chi connectivity index (χ3n) is 12.3. The molecule has 0 radical (unpaired) electrons. The Bertz CT molecular complexity index is 2550. The zero-order chi connectivity index (χ0) is 45.5. The van der Waals surface area contributed by atoms with Crippen molar-refractivity contribution in [1.82, 2.24) is 0 Å². The Morgan fingerprint density at radius 1 is 0.562 bits per heavy atom. The van der Waals surface area contributed by atoms with Gasteiger partial charge in [0.15, 0.2) is 0 Å². The highest BCUT2D eigenvalue weighted by atomic mass is 32.1. The van der Waals surface area contributed by atoms with Crippen LogP contribution in [-0.2, 0) is 43.4 Å². The van der Waals surface area contributed by atoms with Crippen molar-refractivity contribution in [1.29, 1.82) is 0 Å². The van der Waals surface area contributed by atoms with Crippen LogP contribution in [0.3, 0.4) is 0 Å². The first-order valence-corrected chi connectivity index (χ1v) is 22.4. The van der Waals surface area contributed by atoms with Gasteiger partial charge in [-0.3, -0.25) is 0 Å². The van der Waals surface area contributed by atoms with Crippen LogP contribution in [0.4, 0.5) is 8.78 Å². The minimum absolute atomic E-state index is 0.212. The number of benzene rings is 4. The first-order valence-electron chi connectivity index (χ1n) is 20.8.